The standard InChI is InChI=1S/C11H9FN2O4S/c12-8-5-7(1-2-9(8)14(17)18)6-13-10(15)3-4-19-11(13)16/h1-2,5H,3-4,6H2. The summed E-state index contributed by atoms with van der Waals surface area (Å²) in [6.07, 6.45) is 0.256. The Morgan fingerprint density at radius 3 is 2.74 bits per heavy atom. The summed E-state index contributed by atoms with van der Waals surface area (Å²) in [5.74, 6) is -0.849. The van der Waals surface area contributed by atoms with E-state index in [4.69, 9.17) is 0 Å². The van der Waals surface area contributed by atoms with Gasteiger partial charge < -0.3 is 0 Å². The average molecular weight is 284 g/mol. The van der Waals surface area contributed by atoms with Gasteiger partial charge in [-0.25, -0.2) is 0 Å². The van der Waals surface area contributed by atoms with Crippen LogP contribution in [0.3, 0.4) is 0 Å². The van der Waals surface area contributed by atoms with E-state index in [1.54, 1.807) is 0 Å². The Hall–Kier alpha value is -1.96. The van der Waals surface area contributed by atoms with Crippen LogP contribution in [0.1, 0.15) is 12.0 Å². The van der Waals surface area contributed by atoms with Gasteiger partial charge in [-0.3, -0.25) is 24.6 Å². The second-order valence-corrected chi connectivity index (χ2v) is 4.93. The highest BCUT2D eigenvalue weighted by Crippen LogP contribution is 2.23. The third kappa shape index (κ3) is 2.90. The van der Waals surface area contributed by atoms with Gasteiger partial charge in [-0.05, 0) is 11.6 Å². The van der Waals surface area contributed by atoms with Crippen LogP contribution in [0.15, 0.2) is 18.2 Å². The SMILES string of the molecule is O=C1CCSC(=O)N1Cc1ccc([N+](=O)[O-])c(F)c1. The lowest BCUT2D eigenvalue weighted by Gasteiger charge is -2.24. The lowest BCUT2D eigenvalue weighted by Crippen LogP contribution is -2.37. The van der Waals surface area contributed by atoms with Crippen molar-refractivity contribution in [3.05, 3.63) is 39.7 Å². The van der Waals surface area contributed by atoms with Crippen molar-refractivity contribution in [1.82, 2.24) is 4.90 Å². The largest absolute Gasteiger partial charge is 0.304 e. The highest BCUT2D eigenvalue weighted by Gasteiger charge is 2.27. The van der Waals surface area contributed by atoms with Gasteiger partial charge in [0.25, 0.3) is 5.24 Å². The van der Waals surface area contributed by atoms with Gasteiger partial charge in [0, 0.05) is 18.2 Å². The Morgan fingerprint density at radius 2 is 2.16 bits per heavy atom. The Kier molecular flexibility index (Phi) is 3.79. The molecule has 19 heavy (non-hydrogen) atoms. The van der Waals surface area contributed by atoms with E-state index >= 15 is 0 Å². The van der Waals surface area contributed by atoms with Crippen molar-refractivity contribution in [3.63, 3.8) is 0 Å². The van der Waals surface area contributed by atoms with Crippen molar-refractivity contribution in [1.29, 1.82) is 0 Å². The number of halogens is 1. The molecule has 1 heterocycles. The lowest BCUT2D eigenvalue weighted by atomic mass is 10.2. The molecule has 1 aliphatic heterocycles. The molecule has 1 aromatic rings. The molecule has 0 bridgehead atoms. The fourth-order valence-corrected chi connectivity index (χ4v) is 2.45. The molecular weight excluding hydrogens is 275 g/mol. The summed E-state index contributed by atoms with van der Waals surface area (Å²) in [4.78, 5) is 33.8. The Bertz CT molecular complexity index is 548. The average Bonchev–Trinajstić information content (AvgIpc) is 2.33. The number of nitrogens with zero attached hydrogens (tertiary/aromatic N) is 2. The quantitative estimate of drug-likeness (QED) is 0.628. The maximum absolute atomic E-state index is 13.4. The molecule has 0 atom stereocenters. The molecule has 0 aromatic heterocycles. The highest BCUT2D eigenvalue weighted by atomic mass is 32.2. The number of hydrogen-bond donors (Lipinski definition) is 0. The predicted molar refractivity (Wildman–Crippen MR) is 66.1 cm³/mol. The number of carbonyl (C=O) groups excluding carboxylic acids is 2. The van der Waals surface area contributed by atoms with Gasteiger partial charge >= 0.3 is 5.69 Å². The van der Waals surface area contributed by atoms with Crippen LogP contribution in [-0.4, -0.2) is 26.7 Å². The van der Waals surface area contributed by atoms with Crippen molar-refractivity contribution >= 4 is 28.6 Å². The molecule has 2 rings (SSSR count). The fourth-order valence-electron chi connectivity index (χ4n) is 1.67. The van der Waals surface area contributed by atoms with E-state index in [-0.39, 0.29) is 24.1 Å². The van der Waals surface area contributed by atoms with Crippen molar-refractivity contribution in [2.75, 3.05) is 5.75 Å². The number of thioether (sulfide) groups is 1. The van der Waals surface area contributed by atoms with E-state index in [1.165, 1.54) is 6.07 Å². The molecule has 6 nitrogen and oxygen atoms in total. The molecule has 0 unspecified atom stereocenters. The molecule has 0 saturated carbocycles. The van der Waals surface area contributed by atoms with E-state index in [9.17, 15) is 24.1 Å². The third-order valence-electron chi connectivity index (χ3n) is 2.61. The highest BCUT2D eigenvalue weighted by molar-refractivity contribution is 8.13. The van der Waals surface area contributed by atoms with Crippen LogP contribution < -0.4 is 0 Å². The molecule has 1 aromatic carbocycles. The first kappa shape index (κ1) is 13.5. The number of nitro benzene ring substituents is 1. The molecule has 0 aliphatic carbocycles. The van der Waals surface area contributed by atoms with E-state index in [0.717, 1.165) is 28.8 Å². The van der Waals surface area contributed by atoms with Crippen LogP contribution in [0.4, 0.5) is 14.9 Å². The van der Waals surface area contributed by atoms with Crippen molar-refractivity contribution in [3.8, 4) is 0 Å². The minimum atomic E-state index is -0.980. The second kappa shape index (κ2) is 5.35. The van der Waals surface area contributed by atoms with E-state index < -0.39 is 16.4 Å². The summed E-state index contributed by atoms with van der Waals surface area (Å²) in [7, 11) is 0. The van der Waals surface area contributed by atoms with Crippen LogP contribution in [-0.2, 0) is 11.3 Å². The third-order valence-corrected chi connectivity index (χ3v) is 3.49. The number of nitro groups is 1. The zero-order valence-electron chi connectivity index (χ0n) is 9.67. The Balaban J connectivity index is 2.19. The van der Waals surface area contributed by atoms with Gasteiger partial charge in [0.2, 0.25) is 11.7 Å². The smallest absolute Gasteiger partial charge is 0.274 e. The summed E-state index contributed by atoms with van der Waals surface area (Å²) in [5.41, 5.74) is -0.290. The lowest BCUT2D eigenvalue weighted by molar-refractivity contribution is -0.387. The van der Waals surface area contributed by atoms with Crippen molar-refractivity contribution in [2.45, 2.75) is 13.0 Å². The van der Waals surface area contributed by atoms with Crippen LogP contribution >= 0.6 is 11.8 Å². The normalized spacial score (nSPS) is 15.7. The Morgan fingerprint density at radius 1 is 1.42 bits per heavy atom. The van der Waals surface area contributed by atoms with Gasteiger partial charge in [0.15, 0.2) is 0 Å². The zero-order valence-corrected chi connectivity index (χ0v) is 10.5. The molecule has 100 valence electrons. The fraction of sp³-hybridized carbons (Fsp3) is 0.273. The maximum Gasteiger partial charge on any atom is 0.304 e. The van der Waals surface area contributed by atoms with Crippen molar-refractivity contribution in [2.24, 2.45) is 0 Å². The first-order valence-corrected chi connectivity index (χ1v) is 6.37. The van der Waals surface area contributed by atoms with Crippen LogP contribution in [0.2, 0.25) is 0 Å². The molecule has 2 amide bonds. The molecule has 8 heteroatoms. The number of hydrogen-bond acceptors (Lipinski definition) is 5. The van der Waals surface area contributed by atoms with Gasteiger partial charge in [-0.1, -0.05) is 17.8 Å². The summed E-state index contributed by atoms with van der Waals surface area (Å²) in [6.45, 7) is -0.0699. The first-order chi connectivity index (χ1) is 8.99. The topological polar surface area (TPSA) is 80.5 Å². The van der Waals surface area contributed by atoms with Crippen LogP contribution in [0, 0.1) is 15.9 Å². The second-order valence-electron chi connectivity index (χ2n) is 3.89. The van der Waals surface area contributed by atoms with Crippen LogP contribution in [0.5, 0.6) is 0 Å². The van der Waals surface area contributed by atoms with E-state index in [1.807, 2.05) is 0 Å². The summed E-state index contributed by atoms with van der Waals surface area (Å²) >= 11 is 1.03. The minimum Gasteiger partial charge on any atom is -0.274 e. The van der Waals surface area contributed by atoms with E-state index in [0.29, 0.717) is 11.3 Å². The summed E-state index contributed by atoms with van der Waals surface area (Å²) in [6, 6.07) is 3.33. The zero-order chi connectivity index (χ0) is 14.0. The minimum absolute atomic E-state index is 0.0699. The number of carbonyl (C=O) groups is 2. The van der Waals surface area contributed by atoms with Gasteiger partial charge in [0.05, 0.1) is 11.5 Å². The number of amides is 2. The maximum atomic E-state index is 13.4. The molecule has 0 radical (unpaired) electrons. The molecule has 1 aliphatic rings. The molecular formula is C11H9FN2O4S. The number of imide groups is 1. The first-order valence-electron chi connectivity index (χ1n) is 5.39. The van der Waals surface area contributed by atoms with Crippen molar-refractivity contribution < 1.29 is 18.9 Å². The monoisotopic (exact) mass is 284 g/mol. The van der Waals surface area contributed by atoms with Gasteiger partial charge in [0.1, 0.15) is 0 Å². The van der Waals surface area contributed by atoms with Crippen LogP contribution in [0.25, 0.3) is 0 Å². The van der Waals surface area contributed by atoms with E-state index in [2.05, 4.69) is 0 Å². The molecule has 1 fully saturated rings. The number of rotatable bonds is 3. The Labute approximate surface area is 111 Å². The molecule has 0 N–H and O–H groups in total. The molecule has 1 saturated heterocycles. The molecule has 0 spiro atoms. The number of benzene rings is 1. The van der Waals surface area contributed by atoms with Gasteiger partial charge in [-0.2, -0.15) is 4.39 Å². The summed E-state index contributed by atoms with van der Waals surface area (Å²) in [5, 5.41) is 10.1. The predicted octanol–water partition coefficient (Wildman–Crippen LogP) is 2.32. The van der Waals surface area contributed by atoms with Gasteiger partial charge in [-0.15, -0.1) is 0 Å². The summed E-state index contributed by atoms with van der Waals surface area (Å²) < 4.78 is 13.4.